The fourth-order valence-electron chi connectivity index (χ4n) is 6.14. The Morgan fingerprint density at radius 2 is 1.82 bits per heavy atom. The highest BCUT2D eigenvalue weighted by Crippen LogP contribution is 2.34. The number of pyridine rings is 1. The molecule has 1 aromatic heterocycles. The smallest absolute Gasteiger partial charge is 0.340 e. The number of ether oxygens (including phenoxy) is 2. The van der Waals surface area contributed by atoms with Gasteiger partial charge >= 0.3 is 5.97 Å². The van der Waals surface area contributed by atoms with E-state index in [2.05, 4.69) is 43.8 Å². The van der Waals surface area contributed by atoms with E-state index in [1.165, 1.54) is 22.3 Å². The van der Waals surface area contributed by atoms with Crippen molar-refractivity contribution in [2.45, 2.75) is 79.4 Å². The monoisotopic (exact) mass is 541 g/mol. The summed E-state index contributed by atoms with van der Waals surface area (Å²) in [5.74, 6) is -0.176. The van der Waals surface area contributed by atoms with Gasteiger partial charge in [0.15, 0.2) is 0 Å². The number of aryl methyl sites for hydroxylation is 3. The Labute approximate surface area is 235 Å². The summed E-state index contributed by atoms with van der Waals surface area (Å²) in [5, 5.41) is 14.7. The summed E-state index contributed by atoms with van der Waals surface area (Å²) in [5.41, 5.74) is 13.2. The predicted molar refractivity (Wildman–Crippen MR) is 157 cm³/mol. The summed E-state index contributed by atoms with van der Waals surface area (Å²) < 4.78 is 11.8. The molecule has 2 aromatic carbocycles. The highest BCUT2D eigenvalue weighted by molar-refractivity contribution is 5.91. The molecule has 5 rings (SSSR count). The van der Waals surface area contributed by atoms with Gasteiger partial charge in [0.25, 0.3) is 0 Å². The van der Waals surface area contributed by atoms with Gasteiger partial charge in [0.05, 0.1) is 41.5 Å². The van der Waals surface area contributed by atoms with Crippen LogP contribution >= 0.6 is 0 Å². The third kappa shape index (κ3) is 5.18. The number of aliphatic hydroxyl groups excluding tert-OH is 1. The van der Waals surface area contributed by atoms with E-state index in [4.69, 9.17) is 14.5 Å². The first-order chi connectivity index (χ1) is 19.0. The van der Waals surface area contributed by atoms with E-state index in [1.807, 2.05) is 45.2 Å². The van der Waals surface area contributed by atoms with Crippen molar-refractivity contribution in [3.8, 4) is 0 Å². The quantitative estimate of drug-likeness (QED) is 0.398. The number of hydrogen-bond acceptors (Lipinski definition) is 7. The number of hydrazine groups is 1. The number of benzene rings is 2. The molecule has 7 heteroatoms. The highest BCUT2D eigenvalue weighted by atomic mass is 16.5. The van der Waals surface area contributed by atoms with Gasteiger partial charge in [-0.1, -0.05) is 29.8 Å². The van der Waals surface area contributed by atoms with Crippen molar-refractivity contribution < 1.29 is 19.4 Å². The van der Waals surface area contributed by atoms with Crippen LogP contribution in [0.25, 0.3) is 12.0 Å². The molecule has 2 aliphatic rings. The van der Waals surface area contributed by atoms with Crippen molar-refractivity contribution in [2.75, 3.05) is 12.0 Å². The number of fused-ring (bicyclic) bond motifs is 2. The van der Waals surface area contributed by atoms with Crippen LogP contribution in [0.15, 0.2) is 30.3 Å². The minimum absolute atomic E-state index is 0.0645. The third-order valence-corrected chi connectivity index (χ3v) is 7.58. The lowest BCUT2D eigenvalue weighted by atomic mass is 9.80. The molecular weight excluding hydrogens is 502 g/mol. The van der Waals surface area contributed by atoms with Gasteiger partial charge in [0, 0.05) is 28.3 Å². The van der Waals surface area contributed by atoms with E-state index in [9.17, 15) is 9.90 Å². The van der Waals surface area contributed by atoms with E-state index in [-0.39, 0.29) is 24.9 Å². The molecule has 0 spiro atoms. The van der Waals surface area contributed by atoms with E-state index in [1.54, 1.807) is 6.92 Å². The molecule has 0 amide bonds. The second kappa shape index (κ2) is 10.6. The van der Waals surface area contributed by atoms with E-state index in [0.29, 0.717) is 34.5 Å². The largest absolute Gasteiger partial charge is 0.512 e. The average Bonchev–Trinajstić information content (AvgIpc) is 3.35. The average molecular weight is 542 g/mol. The number of hydrogen-bond donors (Lipinski definition) is 3. The lowest BCUT2D eigenvalue weighted by Gasteiger charge is -2.27. The van der Waals surface area contributed by atoms with Crippen LogP contribution < -0.4 is 21.3 Å². The zero-order chi connectivity index (χ0) is 28.8. The molecule has 1 aliphatic heterocycles. The van der Waals surface area contributed by atoms with Crippen LogP contribution in [0.5, 0.6) is 0 Å². The number of anilines is 1. The maximum Gasteiger partial charge on any atom is 0.340 e. The summed E-state index contributed by atoms with van der Waals surface area (Å²) in [7, 11) is 0. The molecule has 0 radical (unpaired) electrons. The molecule has 7 nitrogen and oxygen atoms in total. The van der Waals surface area contributed by atoms with Gasteiger partial charge in [0.2, 0.25) is 0 Å². The van der Waals surface area contributed by atoms with Crippen molar-refractivity contribution in [3.63, 3.8) is 0 Å². The minimum Gasteiger partial charge on any atom is -0.512 e. The standard InChI is InChI=1S/C33H39N3O4/c1-8-39-32(38)31-26(17-40-33(5,6)7)35-25-14-21(28-19(3)12-18(2)13-20(28)4)15-27(37)30(25)29(31)22-10-9-11-24-23(22)16-34-36-24/h9-13,16,21,34,36-37H,8,14-15,17H2,1-7H3. The van der Waals surface area contributed by atoms with Gasteiger partial charge in [-0.25, -0.2) is 4.79 Å². The molecule has 3 aromatic rings. The Hall–Kier alpha value is -3.84. The number of aromatic nitrogens is 1. The van der Waals surface area contributed by atoms with Gasteiger partial charge in [-0.2, -0.15) is 0 Å². The van der Waals surface area contributed by atoms with Crippen LogP contribution in [0.2, 0.25) is 0 Å². The summed E-state index contributed by atoms with van der Waals surface area (Å²) in [4.78, 5) is 18.7. The number of nitrogens with one attached hydrogen (secondary N) is 2. The summed E-state index contributed by atoms with van der Waals surface area (Å²) in [6, 6.07) is 10.3. The molecule has 0 fully saturated rings. The summed E-state index contributed by atoms with van der Waals surface area (Å²) >= 11 is 0. The third-order valence-electron chi connectivity index (χ3n) is 7.58. The zero-order valence-electron chi connectivity index (χ0n) is 24.5. The van der Waals surface area contributed by atoms with Crippen LogP contribution in [0.3, 0.4) is 0 Å². The van der Waals surface area contributed by atoms with Gasteiger partial charge < -0.3 is 25.4 Å². The number of aliphatic hydroxyl groups is 1. The Kier molecular flexibility index (Phi) is 7.36. The van der Waals surface area contributed by atoms with Crippen molar-refractivity contribution in [3.05, 3.63) is 90.4 Å². The molecule has 1 unspecified atom stereocenters. The number of nitrogens with zero attached hydrogens (tertiary/aromatic N) is 1. The molecule has 1 atom stereocenters. The Bertz CT molecular complexity index is 1700. The fourth-order valence-corrected chi connectivity index (χ4v) is 6.14. The van der Waals surface area contributed by atoms with Crippen LogP contribution in [-0.2, 0) is 22.5 Å². The molecule has 1 aliphatic carbocycles. The molecule has 40 heavy (non-hydrogen) atoms. The first kappa shape index (κ1) is 27.7. The molecule has 0 saturated carbocycles. The molecular formula is C33H39N3O4. The number of carbonyl (C=O) groups is 1. The maximum atomic E-state index is 13.6. The predicted octanol–water partition coefficient (Wildman–Crippen LogP) is 4.85. The second-order valence-corrected chi connectivity index (χ2v) is 11.8. The lowest BCUT2D eigenvalue weighted by Crippen LogP contribution is -2.32. The first-order valence-electron chi connectivity index (χ1n) is 14.0. The van der Waals surface area contributed by atoms with Crippen LogP contribution in [0.4, 0.5) is 5.69 Å². The van der Waals surface area contributed by atoms with Gasteiger partial charge in [-0.3, -0.25) is 4.98 Å². The van der Waals surface area contributed by atoms with E-state index < -0.39 is 11.6 Å². The minimum atomic E-state index is -0.475. The second-order valence-electron chi connectivity index (χ2n) is 11.8. The maximum absolute atomic E-state index is 13.6. The van der Waals surface area contributed by atoms with Crippen molar-refractivity contribution in [1.29, 1.82) is 0 Å². The first-order valence-corrected chi connectivity index (χ1v) is 14.0. The highest BCUT2D eigenvalue weighted by Gasteiger charge is 2.29. The summed E-state index contributed by atoms with van der Waals surface area (Å²) in [6.07, 6.45) is 2.97. The summed E-state index contributed by atoms with van der Waals surface area (Å²) in [6.45, 7) is 14.5. The van der Waals surface area contributed by atoms with E-state index >= 15 is 0 Å². The normalized spacial score (nSPS) is 16.9. The molecule has 0 bridgehead atoms. The Morgan fingerprint density at radius 3 is 2.50 bits per heavy atom. The van der Waals surface area contributed by atoms with Crippen LogP contribution in [-0.4, -0.2) is 28.3 Å². The topological polar surface area (TPSA) is 92.7 Å². The van der Waals surface area contributed by atoms with Crippen LogP contribution in [0, 0.1) is 31.2 Å². The van der Waals surface area contributed by atoms with Gasteiger partial charge in [-0.05, 0) is 88.8 Å². The zero-order valence-corrected chi connectivity index (χ0v) is 24.5. The Morgan fingerprint density at radius 1 is 1.10 bits per heavy atom. The van der Waals surface area contributed by atoms with Crippen molar-refractivity contribution in [1.82, 2.24) is 10.4 Å². The van der Waals surface area contributed by atoms with Gasteiger partial charge in [-0.15, -0.1) is 0 Å². The van der Waals surface area contributed by atoms with E-state index in [0.717, 1.165) is 21.8 Å². The number of rotatable bonds is 5. The lowest BCUT2D eigenvalue weighted by molar-refractivity contribution is -0.0172. The molecule has 3 N–H and O–H groups in total. The molecule has 0 saturated heterocycles. The van der Waals surface area contributed by atoms with Gasteiger partial charge in [0.1, 0.15) is 5.76 Å². The van der Waals surface area contributed by atoms with Crippen molar-refractivity contribution >= 4 is 23.6 Å². The fraction of sp³-hybridized carbons (Fsp3) is 0.394. The number of esters is 1. The Balaban J connectivity index is 1.89. The molecule has 2 heterocycles. The SMILES string of the molecule is CCOC(=O)c1c(COC(C)(C)C)nc2c(c1=c1cccc3c1=CNN3)=C(O)CC(c1c(C)cc(C)cc1C)C2. The van der Waals surface area contributed by atoms with Crippen molar-refractivity contribution in [2.24, 2.45) is 0 Å². The number of carbonyl (C=O) groups excluding carboxylic acids is 1. The molecule has 210 valence electrons. The van der Waals surface area contributed by atoms with Crippen LogP contribution in [0.1, 0.15) is 84.0 Å².